The van der Waals surface area contributed by atoms with Crippen molar-refractivity contribution in [3.63, 3.8) is 0 Å². The first-order valence-electron chi connectivity index (χ1n) is 13.5. The maximum atomic E-state index is 10.1. The number of hydrogen-bond donors (Lipinski definition) is 1. The number of rotatable bonds is 6. The van der Waals surface area contributed by atoms with Gasteiger partial charge in [-0.3, -0.25) is 0 Å². The van der Waals surface area contributed by atoms with Crippen molar-refractivity contribution >= 4 is 5.69 Å². The molecule has 1 aliphatic heterocycles. The highest BCUT2D eigenvalue weighted by molar-refractivity contribution is 5.53. The van der Waals surface area contributed by atoms with Crippen molar-refractivity contribution in [3.05, 3.63) is 94.0 Å². The highest BCUT2D eigenvalue weighted by Gasteiger charge is 2.33. The highest BCUT2D eigenvalue weighted by Crippen LogP contribution is 2.48. The van der Waals surface area contributed by atoms with Crippen LogP contribution in [-0.2, 0) is 28.7 Å². The van der Waals surface area contributed by atoms with E-state index in [-0.39, 0.29) is 6.29 Å². The van der Waals surface area contributed by atoms with Crippen LogP contribution in [0.3, 0.4) is 0 Å². The van der Waals surface area contributed by atoms with Gasteiger partial charge in [0.15, 0.2) is 6.29 Å². The Hall–Kier alpha value is -2.82. The van der Waals surface area contributed by atoms with Crippen molar-refractivity contribution in [2.24, 2.45) is 5.92 Å². The van der Waals surface area contributed by atoms with Crippen molar-refractivity contribution in [2.75, 3.05) is 32.2 Å². The number of benzene rings is 3. The minimum atomic E-state index is -0.104. The minimum Gasteiger partial charge on any atom is -0.508 e. The van der Waals surface area contributed by atoms with Crippen molar-refractivity contribution in [3.8, 4) is 5.75 Å². The van der Waals surface area contributed by atoms with Gasteiger partial charge in [-0.25, -0.2) is 0 Å². The van der Waals surface area contributed by atoms with Crippen LogP contribution in [0, 0.1) is 5.92 Å². The number of nitrogens with zero attached hydrogens (tertiary/aromatic N) is 1. The average molecular weight is 484 g/mol. The first-order chi connectivity index (χ1) is 17.6. The first-order valence-corrected chi connectivity index (χ1v) is 13.5. The molecule has 1 saturated heterocycles. The molecule has 0 unspecified atom stereocenters. The molecule has 2 atom stereocenters. The smallest absolute Gasteiger partial charge is 0.159 e. The van der Waals surface area contributed by atoms with Crippen LogP contribution in [0.1, 0.15) is 64.5 Å². The summed E-state index contributed by atoms with van der Waals surface area (Å²) in [5, 5.41) is 10.1. The number of phenols is 1. The van der Waals surface area contributed by atoms with Gasteiger partial charge in [-0.1, -0.05) is 36.4 Å². The summed E-state index contributed by atoms with van der Waals surface area (Å²) in [6, 6.07) is 22.5. The molecule has 0 radical (unpaired) electrons. The molecule has 0 aromatic heterocycles. The maximum Gasteiger partial charge on any atom is 0.159 e. The van der Waals surface area contributed by atoms with Gasteiger partial charge in [-0.05, 0) is 102 Å². The van der Waals surface area contributed by atoms with E-state index < -0.39 is 0 Å². The molecule has 0 bridgehead atoms. The lowest BCUT2D eigenvalue weighted by molar-refractivity contribution is -0.141. The summed E-state index contributed by atoms with van der Waals surface area (Å²) in [7, 11) is 3.47. The van der Waals surface area contributed by atoms with Crippen LogP contribution in [0.4, 0.5) is 5.69 Å². The number of fused-ring (bicyclic) bond motifs is 2. The van der Waals surface area contributed by atoms with E-state index in [0.29, 0.717) is 23.5 Å². The molecule has 1 N–H and O–H groups in total. The molecule has 0 amide bonds. The van der Waals surface area contributed by atoms with Crippen molar-refractivity contribution < 1.29 is 14.6 Å². The normalized spacial score (nSPS) is 21.7. The van der Waals surface area contributed by atoms with Gasteiger partial charge >= 0.3 is 0 Å². The number of aryl methyl sites for hydroxylation is 3. The van der Waals surface area contributed by atoms with E-state index in [1.165, 1.54) is 51.9 Å². The van der Waals surface area contributed by atoms with Crippen LogP contribution in [0.15, 0.2) is 60.7 Å². The Morgan fingerprint density at radius 2 is 1.47 bits per heavy atom. The summed E-state index contributed by atoms with van der Waals surface area (Å²) in [6.07, 6.45) is 6.61. The first kappa shape index (κ1) is 23.6. The fourth-order valence-corrected chi connectivity index (χ4v) is 6.83. The van der Waals surface area contributed by atoms with Crippen LogP contribution in [0.25, 0.3) is 0 Å². The zero-order valence-corrected chi connectivity index (χ0v) is 21.5. The topological polar surface area (TPSA) is 41.9 Å². The molecule has 3 aromatic carbocycles. The van der Waals surface area contributed by atoms with Crippen LogP contribution < -0.4 is 4.90 Å². The molecule has 4 nitrogen and oxygen atoms in total. The summed E-state index contributed by atoms with van der Waals surface area (Å²) in [4.78, 5) is 2.49. The number of hydrogen-bond acceptors (Lipinski definition) is 4. The number of aromatic hydroxyl groups is 1. The Morgan fingerprint density at radius 3 is 2.14 bits per heavy atom. The third kappa shape index (κ3) is 4.31. The highest BCUT2D eigenvalue weighted by atomic mass is 16.7. The molecule has 1 fully saturated rings. The van der Waals surface area contributed by atoms with Gasteiger partial charge in [0.05, 0.1) is 0 Å². The third-order valence-electron chi connectivity index (χ3n) is 8.92. The Kier molecular flexibility index (Phi) is 6.49. The molecular weight excluding hydrogens is 446 g/mol. The lowest BCUT2D eigenvalue weighted by Gasteiger charge is -2.37. The van der Waals surface area contributed by atoms with E-state index in [0.717, 1.165) is 38.8 Å². The summed E-state index contributed by atoms with van der Waals surface area (Å²) >= 11 is 0. The fourth-order valence-electron chi connectivity index (χ4n) is 6.83. The van der Waals surface area contributed by atoms with Gasteiger partial charge in [0, 0.05) is 44.8 Å². The van der Waals surface area contributed by atoms with Gasteiger partial charge in [0.25, 0.3) is 0 Å². The van der Waals surface area contributed by atoms with Crippen LogP contribution in [-0.4, -0.2) is 38.7 Å². The zero-order valence-electron chi connectivity index (χ0n) is 21.5. The molecule has 2 aliphatic carbocycles. The van der Waals surface area contributed by atoms with Crippen molar-refractivity contribution in [2.45, 2.75) is 56.7 Å². The van der Waals surface area contributed by atoms with E-state index in [2.05, 4.69) is 53.4 Å². The van der Waals surface area contributed by atoms with Crippen LogP contribution in [0.2, 0.25) is 0 Å². The molecule has 3 aliphatic rings. The van der Waals surface area contributed by atoms with Gasteiger partial charge in [-0.2, -0.15) is 0 Å². The number of anilines is 1. The van der Waals surface area contributed by atoms with E-state index in [4.69, 9.17) is 9.47 Å². The summed E-state index contributed by atoms with van der Waals surface area (Å²) in [5.74, 6) is 1.58. The fraction of sp³-hybridized carbons (Fsp3) is 0.438. The van der Waals surface area contributed by atoms with E-state index >= 15 is 0 Å². The largest absolute Gasteiger partial charge is 0.508 e. The maximum absolute atomic E-state index is 10.1. The van der Waals surface area contributed by atoms with E-state index in [9.17, 15) is 5.11 Å². The molecule has 0 saturated carbocycles. The van der Waals surface area contributed by atoms with Gasteiger partial charge in [0.1, 0.15) is 5.75 Å². The van der Waals surface area contributed by atoms with Gasteiger partial charge in [-0.15, -0.1) is 0 Å². The standard InChI is InChI=1S/C32H37NO3/c1-35-32(36-2)23-15-17-33(18-16-23)27-10-7-22(8-11-27)31-29(25-6-4-21-3-5-24(21)19-25)13-9-26-20-28(34)12-14-30(26)31/h4,6-8,10-12,14,19-20,23,29,31-32,34H,3,5,9,13,15-18H2,1-2H3/t29-,31+/m0/s1. The minimum absolute atomic E-state index is 0.104. The molecule has 6 rings (SSSR count). The molecule has 0 spiro atoms. The Bertz CT molecular complexity index is 1210. The molecule has 188 valence electrons. The lowest BCUT2D eigenvalue weighted by Crippen LogP contribution is -2.39. The second-order valence-electron chi connectivity index (χ2n) is 10.8. The Morgan fingerprint density at radius 1 is 0.750 bits per heavy atom. The molecule has 1 heterocycles. The average Bonchev–Trinajstić information content (AvgIpc) is 2.90. The SMILES string of the molecule is COC(OC)C1CCN(c2ccc([C@H]3c4ccc(O)cc4CC[C@H]3c3ccc4c(c3)CC4)cc2)CC1. The molecule has 3 aromatic rings. The van der Waals surface area contributed by atoms with Crippen molar-refractivity contribution in [1.29, 1.82) is 0 Å². The second kappa shape index (κ2) is 9.91. The Labute approximate surface area is 214 Å². The number of ether oxygens (including phenoxy) is 2. The number of phenolic OH excluding ortho intramolecular Hbond substituents is 1. The predicted octanol–water partition coefficient (Wildman–Crippen LogP) is 6.19. The second-order valence-corrected chi connectivity index (χ2v) is 10.8. The molecule has 36 heavy (non-hydrogen) atoms. The number of methoxy groups -OCH3 is 2. The zero-order chi connectivity index (χ0) is 24.6. The summed E-state index contributed by atoms with van der Waals surface area (Å²) in [6.45, 7) is 2.05. The molecule has 4 heteroatoms. The van der Waals surface area contributed by atoms with Gasteiger partial charge in [0.2, 0.25) is 0 Å². The van der Waals surface area contributed by atoms with Crippen LogP contribution >= 0.6 is 0 Å². The monoisotopic (exact) mass is 483 g/mol. The number of piperidine rings is 1. The Balaban J connectivity index is 1.27. The quantitative estimate of drug-likeness (QED) is 0.425. The summed E-state index contributed by atoms with van der Waals surface area (Å²) in [5.41, 5.74) is 9.84. The third-order valence-corrected chi connectivity index (χ3v) is 8.92. The van der Waals surface area contributed by atoms with E-state index in [1.54, 1.807) is 14.2 Å². The van der Waals surface area contributed by atoms with E-state index in [1.807, 2.05) is 12.1 Å². The summed E-state index contributed by atoms with van der Waals surface area (Å²) < 4.78 is 11.0. The predicted molar refractivity (Wildman–Crippen MR) is 144 cm³/mol. The lowest BCUT2D eigenvalue weighted by atomic mass is 9.68. The molecular formula is C32H37NO3. The van der Waals surface area contributed by atoms with Gasteiger partial charge < -0.3 is 19.5 Å². The van der Waals surface area contributed by atoms with Crippen LogP contribution in [0.5, 0.6) is 5.75 Å². The van der Waals surface area contributed by atoms with Crippen molar-refractivity contribution in [1.82, 2.24) is 0 Å².